The summed E-state index contributed by atoms with van der Waals surface area (Å²) in [5.41, 5.74) is 7.18. The summed E-state index contributed by atoms with van der Waals surface area (Å²) < 4.78 is 43.1. The minimum atomic E-state index is -0.701. The summed E-state index contributed by atoms with van der Waals surface area (Å²) in [6, 6.07) is 10.9. The lowest BCUT2D eigenvalue weighted by Gasteiger charge is -2.41. The molecule has 2 amide bonds. The lowest BCUT2D eigenvalue weighted by atomic mass is 9.84. The lowest BCUT2D eigenvalue weighted by molar-refractivity contribution is 0.0899. The number of halogens is 3. The molecule has 0 saturated carbocycles. The van der Waals surface area contributed by atoms with Gasteiger partial charge in [-0.15, -0.1) is 0 Å². The molecule has 2 atom stereocenters. The summed E-state index contributed by atoms with van der Waals surface area (Å²) in [5, 5.41) is 0. The predicted octanol–water partition coefficient (Wildman–Crippen LogP) is 5.63. The first-order chi connectivity index (χ1) is 17.4. The molecule has 0 unspecified atom stereocenters. The second kappa shape index (κ2) is 11.8. The highest BCUT2D eigenvalue weighted by molar-refractivity contribution is 5.74. The molecule has 0 aliphatic rings. The first-order valence-electron chi connectivity index (χ1n) is 12.3. The minimum Gasteiger partial charge on any atom is -0.331 e. The van der Waals surface area contributed by atoms with E-state index in [-0.39, 0.29) is 31.4 Å². The fourth-order valence-corrected chi connectivity index (χ4v) is 4.36. The lowest BCUT2D eigenvalue weighted by Crippen LogP contribution is -2.48. The SMILES string of the molecule is CN(C)C(=O)N(CC[C@@H](N)CF)[C@@H](c1nc(-c2cccc(F)c2)cn1Cc1cccc(F)c1)C(C)(C)C. The van der Waals surface area contributed by atoms with E-state index in [2.05, 4.69) is 0 Å². The van der Waals surface area contributed by atoms with Crippen molar-refractivity contribution in [2.45, 2.75) is 45.8 Å². The van der Waals surface area contributed by atoms with Crippen LogP contribution in [0.25, 0.3) is 11.3 Å². The number of nitrogens with two attached hydrogens (primary N) is 1. The molecule has 200 valence electrons. The highest BCUT2D eigenvalue weighted by Crippen LogP contribution is 2.39. The Morgan fingerprint density at radius 1 is 1.08 bits per heavy atom. The van der Waals surface area contributed by atoms with Crippen molar-refractivity contribution in [3.8, 4) is 11.3 Å². The highest BCUT2D eigenvalue weighted by atomic mass is 19.1. The van der Waals surface area contributed by atoms with Crippen molar-refractivity contribution in [1.82, 2.24) is 19.4 Å². The molecule has 6 nitrogen and oxygen atoms in total. The van der Waals surface area contributed by atoms with E-state index in [1.165, 1.54) is 29.2 Å². The molecule has 3 aromatic rings. The van der Waals surface area contributed by atoms with Gasteiger partial charge in [-0.25, -0.2) is 22.9 Å². The van der Waals surface area contributed by atoms with Gasteiger partial charge in [0.05, 0.1) is 11.7 Å². The van der Waals surface area contributed by atoms with Crippen LogP contribution in [0.1, 0.15) is 44.6 Å². The molecule has 2 aromatic carbocycles. The Hall–Kier alpha value is -3.33. The first-order valence-corrected chi connectivity index (χ1v) is 12.3. The normalized spacial score (nSPS) is 13.3. The fourth-order valence-electron chi connectivity index (χ4n) is 4.36. The Morgan fingerprint density at radius 3 is 2.30 bits per heavy atom. The number of aromatic nitrogens is 2. The molecule has 0 fully saturated rings. The van der Waals surface area contributed by atoms with Crippen molar-refractivity contribution in [3.63, 3.8) is 0 Å². The summed E-state index contributed by atoms with van der Waals surface area (Å²) >= 11 is 0. The number of carbonyl (C=O) groups is 1. The summed E-state index contributed by atoms with van der Waals surface area (Å²) in [5.74, 6) is -0.197. The Bertz CT molecular complexity index is 1200. The van der Waals surface area contributed by atoms with Gasteiger partial charge >= 0.3 is 6.03 Å². The van der Waals surface area contributed by atoms with Crippen LogP contribution in [0, 0.1) is 17.0 Å². The van der Waals surface area contributed by atoms with Crippen LogP contribution in [0.5, 0.6) is 0 Å². The molecule has 0 saturated heterocycles. The zero-order chi connectivity index (χ0) is 27.3. The van der Waals surface area contributed by atoms with E-state index in [0.717, 1.165) is 0 Å². The van der Waals surface area contributed by atoms with E-state index in [4.69, 9.17) is 10.7 Å². The van der Waals surface area contributed by atoms with E-state index in [0.29, 0.717) is 22.6 Å². The molecule has 2 N–H and O–H groups in total. The third-order valence-corrected chi connectivity index (χ3v) is 6.11. The number of hydrogen-bond acceptors (Lipinski definition) is 3. The number of hydrogen-bond donors (Lipinski definition) is 1. The standard InChI is InChI=1S/C28H36F3N5O/c1-28(2,3)25(36(27(37)34(4)5)13-12-23(32)16-29)26-33-24(20-9-7-11-22(31)15-20)18-35(26)17-19-8-6-10-21(30)14-19/h6-11,14-15,18,23,25H,12-13,16-17,32H2,1-5H3/t23-,25+/m1/s1. The number of carbonyl (C=O) groups excluding carboxylic acids is 1. The molecule has 1 aromatic heterocycles. The third kappa shape index (κ3) is 7.13. The molecular weight excluding hydrogens is 479 g/mol. The van der Waals surface area contributed by atoms with Gasteiger partial charge in [0.15, 0.2) is 0 Å². The molecule has 0 aliphatic carbocycles. The maximum absolute atomic E-state index is 14.1. The largest absolute Gasteiger partial charge is 0.331 e. The van der Waals surface area contributed by atoms with Gasteiger partial charge < -0.3 is 20.1 Å². The van der Waals surface area contributed by atoms with Crippen LogP contribution < -0.4 is 5.73 Å². The van der Waals surface area contributed by atoms with Gasteiger partial charge in [-0.1, -0.05) is 45.0 Å². The van der Waals surface area contributed by atoms with Crippen molar-refractivity contribution in [2.24, 2.45) is 11.1 Å². The average molecular weight is 516 g/mol. The monoisotopic (exact) mass is 515 g/mol. The zero-order valence-electron chi connectivity index (χ0n) is 22.1. The van der Waals surface area contributed by atoms with E-state index < -0.39 is 30.0 Å². The average Bonchev–Trinajstić information content (AvgIpc) is 3.22. The van der Waals surface area contributed by atoms with Crippen LogP contribution in [0.3, 0.4) is 0 Å². The molecule has 37 heavy (non-hydrogen) atoms. The molecular formula is C28H36F3N5O. The molecule has 1 heterocycles. The van der Waals surface area contributed by atoms with Gasteiger partial charge in [-0.2, -0.15) is 0 Å². The van der Waals surface area contributed by atoms with Crippen molar-refractivity contribution in [3.05, 3.63) is 77.8 Å². The van der Waals surface area contributed by atoms with Crippen molar-refractivity contribution in [1.29, 1.82) is 0 Å². The Labute approximate surface area is 216 Å². The highest BCUT2D eigenvalue weighted by Gasteiger charge is 2.39. The Kier molecular flexibility index (Phi) is 9.02. The quantitative estimate of drug-likeness (QED) is 0.401. The van der Waals surface area contributed by atoms with E-state index in [1.54, 1.807) is 43.4 Å². The molecule has 0 radical (unpaired) electrons. The zero-order valence-corrected chi connectivity index (χ0v) is 22.1. The van der Waals surface area contributed by atoms with Gasteiger partial charge in [0, 0.05) is 45.0 Å². The Morgan fingerprint density at radius 2 is 1.73 bits per heavy atom. The van der Waals surface area contributed by atoms with E-state index in [9.17, 15) is 18.0 Å². The second-order valence-electron chi connectivity index (χ2n) is 10.6. The molecule has 3 rings (SSSR count). The number of rotatable bonds is 9. The molecule has 0 aliphatic heterocycles. The molecule has 9 heteroatoms. The number of urea groups is 1. The van der Waals surface area contributed by atoms with Gasteiger partial charge in [-0.05, 0) is 41.7 Å². The minimum absolute atomic E-state index is 0.214. The van der Waals surface area contributed by atoms with Gasteiger partial charge in [-0.3, -0.25) is 0 Å². The smallest absolute Gasteiger partial charge is 0.320 e. The first kappa shape index (κ1) is 28.2. The summed E-state index contributed by atoms with van der Waals surface area (Å²) in [6.07, 6.45) is 2.06. The van der Waals surface area contributed by atoms with Gasteiger partial charge in [0.2, 0.25) is 0 Å². The van der Waals surface area contributed by atoms with Crippen LogP contribution in [0.2, 0.25) is 0 Å². The van der Waals surface area contributed by atoms with Crippen LogP contribution >= 0.6 is 0 Å². The number of benzene rings is 2. The fraction of sp³-hybridized carbons (Fsp3) is 0.429. The Balaban J connectivity index is 2.19. The van der Waals surface area contributed by atoms with Crippen LogP contribution in [-0.4, -0.2) is 58.7 Å². The summed E-state index contributed by atoms with van der Waals surface area (Å²) in [7, 11) is 3.31. The molecule has 0 bridgehead atoms. The van der Waals surface area contributed by atoms with Crippen LogP contribution in [0.15, 0.2) is 54.7 Å². The summed E-state index contributed by atoms with van der Waals surface area (Å²) in [4.78, 5) is 21.5. The van der Waals surface area contributed by atoms with Crippen molar-refractivity contribution < 1.29 is 18.0 Å². The molecule has 0 spiro atoms. The van der Waals surface area contributed by atoms with Crippen molar-refractivity contribution >= 4 is 6.03 Å². The van der Waals surface area contributed by atoms with Gasteiger partial charge in [0.1, 0.15) is 24.1 Å². The van der Waals surface area contributed by atoms with Gasteiger partial charge in [0.25, 0.3) is 0 Å². The number of amides is 2. The second-order valence-corrected chi connectivity index (χ2v) is 10.6. The maximum Gasteiger partial charge on any atom is 0.320 e. The van der Waals surface area contributed by atoms with E-state index >= 15 is 0 Å². The topological polar surface area (TPSA) is 67.4 Å². The number of nitrogens with zero attached hydrogens (tertiary/aromatic N) is 4. The summed E-state index contributed by atoms with van der Waals surface area (Å²) in [6.45, 7) is 5.79. The van der Waals surface area contributed by atoms with E-state index in [1.807, 2.05) is 31.4 Å². The third-order valence-electron chi connectivity index (χ3n) is 6.11. The predicted molar refractivity (Wildman–Crippen MR) is 140 cm³/mol. The maximum atomic E-state index is 14.1. The van der Waals surface area contributed by atoms with Crippen LogP contribution in [0.4, 0.5) is 18.0 Å². The van der Waals surface area contributed by atoms with Crippen molar-refractivity contribution in [2.75, 3.05) is 27.3 Å². The van der Waals surface area contributed by atoms with Crippen LogP contribution in [-0.2, 0) is 6.54 Å². The number of alkyl halides is 1. The number of imidazole rings is 1.